The summed E-state index contributed by atoms with van der Waals surface area (Å²) >= 11 is 0. The Morgan fingerprint density at radius 3 is 2.67 bits per heavy atom. The molecule has 0 N–H and O–H groups in total. The van der Waals surface area contributed by atoms with Crippen molar-refractivity contribution in [1.82, 2.24) is 10.1 Å². The van der Waals surface area contributed by atoms with E-state index in [1.165, 1.54) is 12.1 Å². The molecule has 0 bridgehead atoms. The summed E-state index contributed by atoms with van der Waals surface area (Å²) in [6.07, 6.45) is 0. The Balaban J connectivity index is 2.61. The SMILES string of the molecule is Cc1nc(-c2cccc(F)c2C(=O)C(C)C)no1. The van der Waals surface area contributed by atoms with Crippen molar-refractivity contribution in [3.05, 3.63) is 35.5 Å². The Labute approximate surface area is 104 Å². The number of rotatable bonds is 3. The molecule has 2 rings (SSSR count). The first-order valence-electron chi connectivity index (χ1n) is 5.64. The van der Waals surface area contributed by atoms with Gasteiger partial charge in [0.25, 0.3) is 0 Å². The van der Waals surface area contributed by atoms with Crippen LogP contribution in [-0.2, 0) is 0 Å². The molecule has 0 unspecified atom stereocenters. The third kappa shape index (κ3) is 2.16. The van der Waals surface area contributed by atoms with Crippen LogP contribution in [0.3, 0.4) is 0 Å². The van der Waals surface area contributed by atoms with Gasteiger partial charge in [0, 0.05) is 18.4 Å². The van der Waals surface area contributed by atoms with Gasteiger partial charge < -0.3 is 4.52 Å². The number of carbonyl (C=O) groups is 1. The van der Waals surface area contributed by atoms with Gasteiger partial charge in [-0.05, 0) is 6.07 Å². The molecule has 1 heterocycles. The highest BCUT2D eigenvalue weighted by molar-refractivity contribution is 6.02. The maximum atomic E-state index is 13.8. The smallest absolute Gasteiger partial charge is 0.223 e. The molecule has 2 aromatic rings. The molecule has 0 atom stereocenters. The summed E-state index contributed by atoms with van der Waals surface area (Å²) in [6.45, 7) is 5.08. The summed E-state index contributed by atoms with van der Waals surface area (Å²) in [5, 5.41) is 3.72. The van der Waals surface area contributed by atoms with Crippen LogP contribution in [0.25, 0.3) is 11.4 Å². The quantitative estimate of drug-likeness (QED) is 0.783. The molecule has 1 aromatic carbocycles. The minimum Gasteiger partial charge on any atom is -0.339 e. The molecule has 0 aliphatic rings. The molecule has 94 valence electrons. The molecular formula is C13H13FN2O2. The molecule has 0 spiro atoms. The molecule has 0 saturated carbocycles. The number of halogens is 1. The van der Waals surface area contributed by atoms with E-state index in [1.54, 1.807) is 26.8 Å². The van der Waals surface area contributed by atoms with Gasteiger partial charge in [0.15, 0.2) is 5.78 Å². The van der Waals surface area contributed by atoms with Crippen molar-refractivity contribution in [3.63, 3.8) is 0 Å². The van der Waals surface area contributed by atoms with Crippen molar-refractivity contribution >= 4 is 5.78 Å². The lowest BCUT2D eigenvalue weighted by atomic mass is 9.95. The third-order valence-corrected chi connectivity index (χ3v) is 2.55. The first-order chi connectivity index (χ1) is 8.50. The molecule has 5 heteroatoms. The number of carbonyl (C=O) groups excluding carboxylic acids is 1. The van der Waals surface area contributed by atoms with Crippen LogP contribution in [0.2, 0.25) is 0 Å². The summed E-state index contributed by atoms with van der Waals surface area (Å²) in [5.74, 6) is -0.527. The second-order valence-corrected chi connectivity index (χ2v) is 4.32. The number of hydrogen-bond donors (Lipinski definition) is 0. The van der Waals surface area contributed by atoms with Crippen molar-refractivity contribution in [3.8, 4) is 11.4 Å². The highest BCUT2D eigenvalue weighted by Crippen LogP contribution is 2.25. The Bertz CT molecular complexity index is 590. The van der Waals surface area contributed by atoms with Crippen molar-refractivity contribution in [2.45, 2.75) is 20.8 Å². The molecule has 0 fully saturated rings. The molecule has 4 nitrogen and oxygen atoms in total. The van der Waals surface area contributed by atoms with E-state index in [-0.39, 0.29) is 23.1 Å². The van der Waals surface area contributed by atoms with Crippen LogP contribution >= 0.6 is 0 Å². The van der Waals surface area contributed by atoms with Crippen LogP contribution in [0.1, 0.15) is 30.1 Å². The van der Waals surface area contributed by atoms with Crippen molar-refractivity contribution in [1.29, 1.82) is 0 Å². The number of aromatic nitrogens is 2. The molecule has 0 amide bonds. The highest BCUT2D eigenvalue weighted by Gasteiger charge is 2.22. The Hall–Kier alpha value is -2.04. The topological polar surface area (TPSA) is 56.0 Å². The van der Waals surface area contributed by atoms with Gasteiger partial charge in [0.2, 0.25) is 11.7 Å². The van der Waals surface area contributed by atoms with Crippen LogP contribution in [0.5, 0.6) is 0 Å². The monoisotopic (exact) mass is 248 g/mol. The summed E-state index contributed by atoms with van der Waals surface area (Å²) in [4.78, 5) is 16.1. The number of benzene rings is 1. The number of aryl methyl sites for hydroxylation is 1. The second-order valence-electron chi connectivity index (χ2n) is 4.32. The lowest BCUT2D eigenvalue weighted by molar-refractivity contribution is 0.0936. The number of Topliss-reactive ketones (excluding diaryl/α,β-unsaturated/α-hetero) is 1. The third-order valence-electron chi connectivity index (χ3n) is 2.55. The van der Waals surface area contributed by atoms with Gasteiger partial charge in [-0.2, -0.15) is 4.98 Å². The van der Waals surface area contributed by atoms with Gasteiger partial charge in [0.1, 0.15) is 5.82 Å². The van der Waals surface area contributed by atoms with Gasteiger partial charge >= 0.3 is 0 Å². The van der Waals surface area contributed by atoms with E-state index in [4.69, 9.17) is 4.52 Å². The average Bonchev–Trinajstić information content (AvgIpc) is 2.74. The summed E-state index contributed by atoms with van der Waals surface area (Å²) in [7, 11) is 0. The molecule has 18 heavy (non-hydrogen) atoms. The largest absolute Gasteiger partial charge is 0.339 e. The van der Waals surface area contributed by atoms with Gasteiger partial charge in [-0.1, -0.05) is 31.1 Å². The lowest BCUT2D eigenvalue weighted by Crippen LogP contribution is -2.11. The standard InChI is InChI=1S/C13H13FN2O2/c1-7(2)12(17)11-9(5-4-6-10(11)14)13-15-8(3)18-16-13/h4-7H,1-3H3. The first-order valence-corrected chi connectivity index (χ1v) is 5.64. The average molecular weight is 248 g/mol. The van der Waals surface area contributed by atoms with Crippen LogP contribution in [0.15, 0.2) is 22.7 Å². The zero-order chi connectivity index (χ0) is 13.3. The van der Waals surface area contributed by atoms with Gasteiger partial charge in [-0.3, -0.25) is 4.79 Å². The van der Waals surface area contributed by atoms with E-state index in [9.17, 15) is 9.18 Å². The fraction of sp³-hybridized carbons (Fsp3) is 0.308. The second kappa shape index (κ2) is 4.68. The minimum atomic E-state index is -0.561. The maximum Gasteiger partial charge on any atom is 0.223 e. The number of hydrogen-bond acceptors (Lipinski definition) is 4. The van der Waals surface area contributed by atoms with E-state index in [0.29, 0.717) is 11.5 Å². The predicted molar refractivity (Wildman–Crippen MR) is 63.6 cm³/mol. The Kier molecular flexibility index (Phi) is 3.23. The fourth-order valence-corrected chi connectivity index (χ4v) is 1.66. The Morgan fingerprint density at radius 1 is 1.39 bits per heavy atom. The zero-order valence-electron chi connectivity index (χ0n) is 10.4. The first kappa shape index (κ1) is 12.4. The van der Waals surface area contributed by atoms with Crippen molar-refractivity contribution < 1.29 is 13.7 Å². The van der Waals surface area contributed by atoms with E-state index < -0.39 is 5.82 Å². The molecule has 0 radical (unpaired) electrons. The Morgan fingerprint density at radius 2 is 2.11 bits per heavy atom. The zero-order valence-corrected chi connectivity index (χ0v) is 10.4. The van der Waals surface area contributed by atoms with Crippen molar-refractivity contribution in [2.24, 2.45) is 5.92 Å². The van der Waals surface area contributed by atoms with E-state index >= 15 is 0 Å². The van der Waals surface area contributed by atoms with E-state index in [0.717, 1.165) is 0 Å². The van der Waals surface area contributed by atoms with Crippen LogP contribution in [-0.4, -0.2) is 15.9 Å². The lowest BCUT2D eigenvalue weighted by Gasteiger charge is -2.09. The van der Waals surface area contributed by atoms with E-state index in [2.05, 4.69) is 10.1 Å². The maximum absolute atomic E-state index is 13.8. The number of ketones is 1. The molecular weight excluding hydrogens is 235 g/mol. The molecule has 0 saturated heterocycles. The summed E-state index contributed by atoms with van der Waals surface area (Å²) in [5.41, 5.74) is 0.388. The van der Waals surface area contributed by atoms with Crippen LogP contribution in [0.4, 0.5) is 4.39 Å². The molecule has 0 aliphatic carbocycles. The van der Waals surface area contributed by atoms with Crippen molar-refractivity contribution in [2.75, 3.05) is 0 Å². The van der Waals surface area contributed by atoms with Gasteiger partial charge in [-0.25, -0.2) is 4.39 Å². The summed E-state index contributed by atoms with van der Waals surface area (Å²) < 4.78 is 18.7. The fourth-order valence-electron chi connectivity index (χ4n) is 1.66. The highest BCUT2D eigenvalue weighted by atomic mass is 19.1. The summed E-state index contributed by atoms with van der Waals surface area (Å²) in [6, 6.07) is 4.39. The van der Waals surface area contributed by atoms with Gasteiger partial charge in [-0.15, -0.1) is 0 Å². The number of nitrogens with zero attached hydrogens (tertiary/aromatic N) is 2. The predicted octanol–water partition coefficient (Wildman–Crippen LogP) is 3.02. The molecule has 1 aromatic heterocycles. The normalized spacial score (nSPS) is 10.9. The van der Waals surface area contributed by atoms with Crippen LogP contribution < -0.4 is 0 Å². The van der Waals surface area contributed by atoms with E-state index in [1.807, 2.05) is 0 Å². The minimum absolute atomic E-state index is 0.0216. The van der Waals surface area contributed by atoms with Gasteiger partial charge in [0.05, 0.1) is 5.56 Å². The molecule has 0 aliphatic heterocycles. The van der Waals surface area contributed by atoms with Crippen LogP contribution in [0, 0.1) is 18.7 Å².